The molecule has 2 heterocycles. The van der Waals surface area contributed by atoms with Crippen LogP contribution in [-0.2, 0) is 0 Å². The molecule has 2 saturated carbocycles. The van der Waals surface area contributed by atoms with Gasteiger partial charge in [-0.3, -0.25) is 14.8 Å². The van der Waals surface area contributed by atoms with Gasteiger partial charge in [0.2, 0.25) is 0 Å². The largest absolute Gasteiger partial charge is 0.396 e. The lowest BCUT2D eigenvalue weighted by Crippen LogP contribution is -2.45. The Labute approximate surface area is 138 Å². The van der Waals surface area contributed by atoms with E-state index in [9.17, 15) is 9.90 Å². The van der Waals surface area contributed by atoms with Gasteiger partial charge in [0.1, 0.15) is 16.4 Å². The molecule has 7 heteroatoms. The Balaban J connectivity index is 1.49. The molecule has 4 unspecified atom stereocenters. The first-order chi connectivity index (χ1) is 11.3. The normalized spacial score (nSPS) is 28.9. The summed E-state index contributed by atoms with van der Waals surface area (Å²) in [7, 11) is 0. The van der Waals surface area contributed by atoms with Crippen LogP contribution < -0.4 is 5.32 Å². The second-order valence-corrected chi connectivity index (χ2v) is 7.17. The van der Waals surface area contributed by atoms with Crippen LogP contribution in [0, 0.1) is 17.8 Å². The number of hydrogen-bond donors (Lipinski definition) is 2. The molecule has 23 heavy (non-hydrogen) atoms. The summed E-state index contributed by atoms with van der Waals surface area (Å²) in [6.07, 6.45) is 8.30. The fraction of sp³-hybridized carbons (Fsp3) is 0.500. The van der Waals surface area contributed by atoms with E-state index in [-0.39, 0.29) is 24.5 Å². The summed E-state index contributed by atoms with van der Waals surface area (Å²) in [5, 5.41) is 15.2. The lowest BCUT2D eigenvalue weighted by Gasteiger charge is -2.30. The molecular weight excluding hydrogens is 312 g/mol. The third-order valence-corrected chi connectivity index (χ3v) is 5.98. The number of hydrogen-bond acceptors (Lipinski definition) is 6. The molecule has 0 radical (unpaired) electrons. The molecule has 4 rings (SSSR count). The van der Waals surface area contributed by atoms with E-state index in [0.717, 1.165) is 12.8 Å². The number of aliphatic hydroxyl groups is 1. The van der Waals surface area contributed by atoms with E-state index in [1.165, 1.54) is 17.8 Å². The molecule has 120 valence electrons. The molecule has 0 aromatic carbocycles. The van der Waals surface area contributed by atoms with Crippen molar-refractivity contribution in [1.82, 2.24) is 20.3 Å². The van der Waals surface area contributed by atoms with Crippen LogP contribution in [0.3, 0.4) is 0 Å². The van der Waals surface area contributed by atoms with Crippen LogP contribution in [0.1, 0.15) is 29.8 Å². The average Bonchev–Trinajstić information content (AvgIpc) is 3.31. The first-order valence-electron chi connectivity index (χ1n) is 7.90. The number of carbonyl (C=O) groups excluding carboxylic acids is 1. The van der Waals surface area contributed by atoms with E-state index < -0.39 is 0 Å². The molecule has 2 aliphatic rings. The molecule has 2 N–H and O–H groups in total. The number of nitrogens with zero attached hydrogens (tertiary/aromatic N) is 3. The summed E-state index contributed by atoms with van der Waals surface area (Å²) in [6, 6.07) is 0.0768. The van der Waals surface area contributed by atoms with E-state index in [2.05, 4.69) is 20.3 Å². The fourth-order valence-corrected chi connectivity index (χ4v) is 4.79. The maximum absolute atomic E-state index is 12.5. The lowest BCUT2D eigenvalue weighted by atomic mass is 9.85. The van der Waals surface area contributed by atoms with Crippen LogP contribution in [0.5, 0.6) is 0 Å². The standard InChI is InChI=1S/C16H18N4O2S/c21-7-11-9-1-2-10(5-9)14(11)20-15(22)13-8-23-16(19-13)12-6-17-3-4-18-12/h3-4,6,8-11,14,21H,1-2,5,7H2,(H,20,22). The van der Waals surface area contributed by atoms with Gasteiger partial charge in [-0.25, -0.2) is 4.98 Å². The van der Waals surface area contributed by atoms with E-state index in [1.807, 2.05) is 0 Å². The smallest absolute Gasteiger partial charge is 0.271 e. The third kappa shape index (κ3) is 2.64. The molecule has 1 amide bonds. The average molecular weight is 330 g/mol. The van der Waals surface area contributed by atoms with Crippen LogP contribution >= 0.6 is 11.3 Å². The molecule has 2 aliphatic carbocycles. The minimum atomic E-state index is -0.160. The Morgan fingerprint density at radius 3 is 3.00 bits per heavy atom. The third-order valence-electron chi connectivity index (χ3n) is 5.12. The number of fused-ring (bicyclic) bond motifs is 2. The van der Waals surface area contributed by atoms with Crippen LogP contribution in [0.25, 0.3) is 10.7 Å². The van der Waals surface area contributed by atoms with Crippen molar-refractivity contribution >= 4 is 17.2 Å². The summed E-state index contributed by atoms with van der Waals surface area (Å²) < 4.78 is 0. The Kier molecular flexibility index (Phi) is 3.82. The predicted octanol–water partition coefficient (Wildman–Crippen LogP) is 1.74. The number of carbonyl (C=O) groups is 1. The zero-order valence-electron chi connectivity index (χ0n) is 12.6. The SMILES string of the molecule is O=C(NC1C2CCC(C2)C1CO)c1csc(-c2cnccn2)n1. The van der Waals surface area contributed by atoms with E-state index in [4.69, 9.17) is 0 Å². The van der Waals surface area contributed by atoms with Gasteiger partial charge in [0.25, 0.3) is 5.91 Å². The Morgan fingerprint density at radius 1 is 1.35 bits per heavy atom. The Morgan fingerprint density at radius 2 is 2.22 bits per heavy atom. The molecule has 0 saturated heterocycles. The number of aromatic nitrogens is 3. The summed E-state index contributed by atoms with van der Waals surface area (Å²) in [6.45, 7) is 0.147. The van der Waals surface area contributed by atoms with Gasteiger partial charge in [-0.05, 0) is 31.1 Å². The second kappa shape index (κ2) is 5.98. The Bertz CT molecular complexity index is 705. The first kappa shape index (κ1) is 14.7. The van der Waals surface area contributed by atoms with Gasteiger partial charge in [0.05, 0.1) is 6.20 Å². The van der Waals surface area contributed by atoms with Crippen LogP contribution in [0.2, 0.25) is 0 Å². The number of rotatable bonds is 4. The van der Waals surface area contributed by atoms with Gasteiger partial charge in [0.15, 0.2) is 0 Å². The van der Waals surface area contributed by atoms with E-state index in [1.54, 1.807) is 24.0 Å². The quantitative estimate of drug-likeness (QED) is 0.891. The number of amides is 1. The van der Waals surface area contributed by atoms with Gasteiger partial charge in [-0.15, -0.1) is 11.3 Å². The first-order valence-corrected chi connectivity index (χ1v) is 8.78. The summed E-state index contributed by atoms with van der Waals surface area (Å²) >= 11 is 1.39. The highest BCUT2D eigenvalue weighted by molar-refractivity contribution is 7.13. The minimum Gasteiger partial charge on any atom is -0.396 e. The van der Waals surface area contributed by atoms with Gasteiger partial charge in [-0.2, -0.15) is 0 Å². The fourth-order valence-electron chi connectivity index (χ4n) is 4.03. The highest BCUT2D eigenvalue weighted by atomic mass is 32.1. The number of thiazole rings is 1. The molecule has 0 aliphatic heterocycles. The lowest BCUT2D eigenvalue weighted by molar-refractivity contribution is 0.0857. The number of nitrogens with one attached hydrogen (secondary N) is 1. The molecule has 2 fully saturated rings. The molecule has 0 spiro atoms. The van der Waals surface area contributed by atoms with E-state index >= 15 is 0 Å². The zero-order chi connectivity index (χ0) is 15.8. The van der Waals surface area contributed by atoms with Crippen molar-refractivity contribution < 1.29 is 9.90 Å². The maximum Gasteiger partial charge on any atom is 0.271 e. The highest BCUT2D eigenvalue weighted by Crippen LogP contribution is 2.48. The molecule has 2 aromatic rings. The topological polar surface area (TPSA) is 88.0 Å². The van der Waals surface area contributed by atoms with Crippen LogP contribution in [0.15, 0.2) is 24.0 Å². The summed E-state index contributed by atoms with van der Waals surface area (Å²) in [4.78, 5) is 25.1. The number of aliphatic hydroxyl groups excluding tert-OH is 1. The molecule has 2 bridgehead atoms. The monoisotopic (exact) mass is 330 g/mol. The van der Waals surface area contributed by atoms with Gasteiger partial charge < -0.3 is 10.4 Å². The molecule has 4 atom stereocenters. The second-order valence-electron chi connectivity index (χ2n) is 6.31. The van der Waals surface area contributed by atoms with Crippen LogP contribution in [-0.4, -0.2) is 38.6 Å². The van der Waals surface area contributed by atoms with Crippen molar-refractivity contribution in [1.29, 1.82) is 0 Å². The predicted molar refractivity (Wildman–Crippen MR) is 85.8 cm³/mol. The van der Waals surface area contributed by atoms with Gasteiger partial charge >= 0.3 is 0 Å². The van der Waals surface area contributed by atoms with Crippen molar-refractivity contribution in [2.45, 2.75) is 25.3 Å². The zero-order valence-corrected chi connectivity index (χ0v) is 13.4. The molecular formula is C16H18N4O2S. The maximum atomic E-state index is 12.5. The highest BCUT2D eigenvalue weighted by Gasteiger charge is 2.47. The van der Waals surface area contributed by atoms with Gasteiger partial charge in [0, 0.05) is 36.3 Å². The van der Waals surface area contributed by atoms with Crippen molar-refractivity contribution in [2.75, 3.05) is 6.61 Å². The van der Waals surface area contributed by atoms with E-state index in [0.29, 0.717) is 28.2 Å². The minimum absolute atomic E-state index is 0.0768. The Hall–Kier alpha value is -1.86. The summed E-state index contributed by atoms with van der Waals surface area (Å²) in [5.41, 5.74) is 1.08. The van der Waals surface area contributed by atoms with Crippen molar-refractivity contribution in [3.8, 4) is 10.7 Å². The van der Waals surface area contributed by atoms with Crippen molar-refractivity contribution in [3.63, 3.8) is 0 Å². The summed E-state index contributed by atoms with van der Waals surface area (Å²) in [5.74, 6) is 1.09. The van der Waals surface area contributed by atoms with Crippen molar-refractivity contribution in [2.24, 2.45) is 17.8 Å². The van der Waals surface area contributed by atoms with Crippen molar-refractivity contribution in [3.05, 3.63) is 29.7 Å². The molecule has 6 nitrogen and oxygen atoms in total. The van der Waals surface area contributed by atoms with Crippen LogP contribution in [0.4, 0.5) is 0 Å². The van der Waals surface area contributed by atoms with Gasteiger partial charge in [-0.1, -0.05) is 0 Å². The molecule has 2 aromatic heterocycles.